The summed E-state index contributed by atoms with van der Waals surface area (Å²) in [7, 11) is 3.28. The van der Waals surface area contributed by atoms with Gasteiger partial charge in [-0.05, 0) is 60.7 Å². The third kappa shape index (κ3) is 3.84. The van der Waals surface area contributed by atoms with E-state index < -0.39 is 11.2 Å². The van der Waals surface area contributed by atoms with E-state index in [1.54, 1.807) is 39.0 Å². The molecule has 5 aromatic heterocycles. The van der Waals surface area contributed by atoms with E-state index in [2.05, 4.69) is 19.9 Å². The second-order valence-corrected chi connectivity index (χ2v) is 8.04. The van der Waals surface area contributed by atoms with Crippen LogP contribution >= 0.6 is 0 Å². The molecule has 5 rings (SSSR count). The first-order chi connectivity index (χ1) is 17.8. The standard InChI is InChI=1S/C29H25N5O2/c1-35-28(22-12-3-7-18-30-22,23-13-4-8-19-31-23)26-16-11-17-27(34-26)29(36-2,24-14-5-9-20-32-24)25-15-6-10-21-33-25/h3-21H,1-2H3. The molecule has 36 heavy (non-hydrogen) atoms. The van der Waals surface area contributed by atoms with E-state index in [4.69, 9.17) is 14.5 Å². The molecule has 0 bridgehead atoms. The van der Waals surface area contributed by atoms with Gasteiger partial charge in [0.05, 0.1) is 34.2 Å². The summed E-state index contributed by atoms with van der Waals surface area (Å²) >= 11 is 0. The lowest BCUT2D eigenvalue weighted by Crippen LogP contribution is -2.38. The third-order valence-corrected chi connectivity index (χ3v) is 6.19. The fourth-order valence-electron chi connectivity index (χ4n) is 4.53. The lowest BCUT2D eigenvalue weighted by Gasteiger charge is -2.34. The summed E-state index contributed by atoms with van der Waals surface area (Å²) in [6.45, 7) is 0. The molecule has 0 fully saturated rings. The highest BCUT2D eigenvalue weighted by Gasteiger charge is 2.45. The first-order valence-corrected chi connectivity index (χ1v) is 11.5. The molecule has 0 N–H and O–H groups in total. The van der Waals surface area contributed by atoms with Crippen LogP contribution in [0.15, 0.2) is 116 Å². The Morgan fingerprint density at radius 2 is 0.722 bits per heavy atom. The summed E-state index contributed by atoms with van der Waals surface area (Å²) in [5.41, 5.74) is 1.54. The Morgan fingerprint density at radius 3 is 0.972 bits per heavy atom. The highest BCUT2D eigenvalue weighted by molar-refractivity contribution is 5.43. The predicted molar refractivity (Wildman–Crippen MR) is 135 cm³/mol. The number of aromatic nitrogens is 5. The van der Waals surface area contributed by atoms with Crippen LogP contribution in [0.5, 0.6) is 0 Å². The van der Waals surface area contributed by atoms with Crippen LogP contribution in [-0.2, 0) is 20.7 Å². The first kappa shape index (κ1) is 23.4. The van der Waals surface area contributed by atoms with Crippen molar-refractivity contribution in [3.63, 3.8) is 0 Å². The van der Waals surface area contributed by atoms with Gasteiger partial charge in [-0.3, -0.25) is 19.9 Å². The van der Waals surface area contributed by atoms with Gasteiger partial charge in [0.15, 0.2) is 11.2 Å². The van der Waals surface area contributed by atoms with E-state index in [0.29, 0.717) is 34.2 Å². The number of rotatable bonds is 8. The molecule has 0 saturated carbocycles. The molecule has 0 spiro atoms. The monoisotopic (exact) mass is 475 g/mol. The molecule has 0 amide bonds. The van der Waals surface area contributed by atoms with Crippen molar-refractivity contribution in [1.29, 1.82) is 0 Å². The topological polar surface area (TPSA) is 82.9 Å². The minimum atomic E-state index is -1.16. The van der Waals surface area contributed by atoms with Crippen LogP contribution in [0.2, 0.25) is 0 Å². The van der Waals surface area contributed by atoms with Crippen LogP contribution in [0.25, 0.3) is 0 Å². The predicted octanol–water partition coefficient (Wildman–Crippen LogP) is 4.54. The van der Waals surface area contributed by atoms with Crippen molar-refractivity contribution in [2.75, 3.05) is 14.2 Å². The Balaban J connectivity index is 1.80. The van der Waals surface area contributed by atoms with Crippen molar-refractivity contribution in [3.8, 4) is 0 Å². The van der Waals surface area contributed by atoms with Gasteiger partial charge in [0, 0.05) is 39.0 Å². The largest absolute Gasteiger partial charge is 0.359 e. The summed E-state index contributed by atoms with van der Waals surface area (Å²) in [6.07, 6.45) is 6.93. The molecular weight excluding hydrogens is 450 g/mol. The van der Waals surface area contributed by atoms with Gasteiger partial charge < -0.3 is 9.47 Å². The van der Waals surface area contributed by atoms with Gasteiger partial charge in [-0.25, -0.2) is 4.98 Å². The smallest absolute Gasteiger partial charge is 0.193 e. The Morgan fingerprint density at radius 1 is 0.417 bits per heavy atom. The minimum Gasteiger partial charge on any atom is -0.359 e. The summed E-state index contributed by atoms with van der Waals surface area (Å²) in [5.74, 6) is 0. The van der Waals surface area contributed by atoms with Gasteiger partial charge >= 0.3 is 0 Å². The quantitative estimate of drug-likeness (QED) is 0.326. The van der Waals surface area contributed by atoms with Crippen LogP contribution in [-0.4, -0.2) is 39.1 Å². The molecule has 178 valence electrons. The van der Waals surface area contributed by atoms with E-state index in [9.17, 15) is 0 Å². The Kier molecular flexibility index (Phi) is 6.58. The molecule has 5 aromatic rings. The van der Waals surface area contributed by atoms with Crippen molar-refractivity contribution in [3.05, 3.63) is 150 Å². The van der Waals surface area contributed by atoms with Crippen molar-refractivity contribution < 1.29 is 9.47 Å². The second kappa shape index (κ2) is 10.1. The summed E-state index contributed by atoms with van der Waals surface area (Å²) in [4.78, 5) is 23.7. The van der Waals surface area contributed by atoms with Gasteiger partial charge in [-0.15, -0.1) is 0 Å². The average molecular weight is 476 g/mol. The molecule has 0 unspecified atom stereocenters. The van der Waals surface area contributed by atoms with Gasteiger partial charge in [-0.2, -0.15) is 0 Å². The summed E-state index contributed by atoms with van der Waals surface area (Å²) < 4.78 is 12.5. The fraction of sp³-hybridized carbons (Fsp3) is 0.138. The van der Waals surface area contributed by atoms with E-state index in [0.717, 1.165) is 0 Å². The zero-order valence-corrected chi connectivity index (χ0v) is 20.0. The van der Waals surface area contributed by atoms with Crippen molar-refractivity contribution in [1.82, 2.24) is 24.9 Å². The number of hydrogen-bond donors (Lipinski definition) is 0. The van der Waals surface area contributed by atoms with Crippen LogP contribution < -0.4 is 0 Å². The van der Waals surface area contributed by atoms with E-state index in [-0.39, 0.29) is 0 Å². The Bertz CT molecular complexity index is 1220. The molecule has 0 atom stereocenters. The zero-order chi connectivity index (χ0) is 24.8. The maximum atomic E-state index is 6.25. The first-order valence-electron chi connectivity index (χ1n) is 11.5. The highest BCUT2D eigenvalue weighted by Crippen LogP contribution is 2.40. The number of methoxy groups -OCH3 is 2. The molecule has 0 aromatic carbocycles. The Hall–Kier alpha value is -4.33. The van der Waals surface area contributed by atoms with Crippen LogP contribution in [0, 0.1) is 0 Å². The summed E-state index contributed by atoms with van der Waals surface area (Å²) in [5, 5.41) is 0. The molecular formula is C29H25N5O2. The molecule has 0 saturated heterocycles. The Labute approximate surface area is 209 Å². The van der Waals surface area contributed by atoms with E-state index in [1.807, 2.05) is 91.0 Å². The third-order valence-electron chi connectivity index (χ3n) is 6.19. The fourth-order valence-corrected chi connectivity index (χ4v) is 4.53. The maximum absolute atomic E-state index is 6.25. The molecule has 7 heteroatoms. The molecule has 0 radical (unpaired) electrons. The molecule has 7 nitrogen and oxygen atoms in total. The highest BCUT2D eigenvalue weighted by atomic mass is 16.5. The minimum absolute atomic E-state index is 0.605. The molecule has 5 heterocycles. The van der Waals surface area contributed by atoms with Crippen molar-refractivity contribution in [2.45, 2.75) is 11.2 Å². The van der Waals surface area contributed by atoms with Gasteiger partial charge in [0.1, 0.15) is 0 Å². The lowest BCUT2D eigenvalue weighted by molar-refractivity contribution is 0.0381. The normalized spacial score (nSPS) is 11.8. The lowest BCUT2D eigenvalue weighted by atomic mass is 9.86. The zero-order valence-electron chi connectivity index (χ0n) is 20.0. The second-order valence-electron chi connectivity index (χ2n) is 8.04. The number of ether oxygens (including phenoxy) is 2. The van der Waals surface area contributed by atoms with Crippen LogP contribution in [0.1, 0.15) is 34.2 Å². The molecule has 0 aliphatic heterocycles. The number of hydrogen-bond acceptors (Lipinski definition) is 7. The van der Waals surface area contributed by atoms with Gasteiger partial charge in [0.2, 0.25) is 0 Å². The molecule has 0 aliphatic rings. The SMILES string of the molecule is COC(c1ccccn1)(c1ccccn1)c1cccc(C(OC)(c2ccccn2)c2ccccn2)n1. The van der Waals surface area contributed by atoms with E-state index >= 15 is 0 Å². The van der Waals surface area contributed by atoms with Crippen LogP contribution in [0.3, 0.4) is 0 Å². The van der Waals surface area contributed by atoms with Crippen LogP contribution in [0.4, 0.5) is 0 Å². The van der Waals surface area contributed by atoms with Crippen molar-refractivity contribution >= 4 is 0 Å². The number of pyridine rings is 5. The van der Waals surface area contributed by atoms with Gasteiger partial charge in [0.25, 0.3) is 0 Å². The van der Waals surface area contributed by atoms with Crippen molar-refractivity contribution in [2.24, 2.45) is 0 Å². The van der Waals surface area contributed by atoms with E-state index in [1.165, 1.54) is 0 Å². The number of nitrogens with zero attached hydrogens (tertiary/aromatic N) is 5. The van der Waals surface area contributed by atoms with Gasteiger partial charge in [-0.1, -0.05) is 30.3 Å². The molecule has 0 aliphatic carbocycles. The summed E-state index contributed by atoms with van der Waals surface area (Å²) in [6, 6.07) is 28.5. The maximum Gasteiger partial charge on any atom is 0.193 e. The average Bonchev–Trinajstić information content (AvgIpc) is 2.97.